The molecule has 2 rings (SSSR count). The van der Waals surface area contributed by atoms with E-state index in [0.717, 1.165) is 11.8 Å². The maximum absolute atomic E-state index is 10.6. The average molecular weight is 228 g/mol. The standard InChI is InChI=1S/C11H8N4O2/c1-8-2-3-9(5-12)11(4-8)14-7-10(6-13-14)15(16)17/h2-4,6-7H,1H3. The van der Waals surface area contributed by atoms with E-state index in [0.29, 0.717) is 11.3 Å². The number of nitriles is 1. The van der Waals surface area contributed by atoms with Gasteiger partial charge in [-0.3, -0.25) is 10.1 Å². The third-order valence-corrected chi connectivity index (χ3v) is 2.30. The molecule has 0 fully saturated rings. The van der Waals surface area contributed by atoms with E-state index in [1.54, 1.807) is 18.2 Å². The van der Waals surface area contributed by atoms with E-state index in [2.05, 4.69) is 5.10 Å². The molecule has 0 bridgehead atoms. The van der Waals surface area contributed by atoms with Crippen molar-refractivity contribution in [2.45, 2.75) is 6.92 Å². The molecule has 6 heteroatoms. The molecule has 17 heavy (non-hydrogen) atoms. The summed E-state index contributed by atoms with van der Waals surface area (Å²) in [6.07, 6.45) is 2.44. The Morgan fingerprint density at radius 1 is 1.53 bits per heavy atom. The van der Waals surface area contributed by atoms with Gasteiger partial charge in [-0.2, -0.15) is 10.4 Å². The van der Waals surface area contributed by atoms with Gasteiger partial charge in [0.25, 0.3) is 0 Å². The molecule has 1 heterocycles. The molecule has 0 aliphatic heterocycles. The second-order valence-corrected chi connectivity index (χ2v) is 3.53. The molecule has 2 aromatic rings. The summed E-state index contributed by atoms with van der Waals surface area (Å²) >= 11 is 0. The predicted molar refractivity (Wildman–Crippen MR) is 59.7 cm³/mol. The number of hydrogen-bond acceptors (Lipinski definition) is 4. The summed E-state index contributed by atoms with van der Waals surface area (Å²) in [4.78, 5) is 10.0. The van der Waals surface area contributed by atoms with Gasteiger partial charge in [-0.15, -0.1) is 0 Å². The van der Waals surface area contributed by atoms with Crippen LogP contribution in [0.5, 0.6) is 0 Å². The summed E-state index contributed by atoms with van der Waals surface area (Å²) in [5.74, 6) is 0. The molecule has 0 saturated carbocycles. The third-order valence-electron chi connectivity index (χ3n) is 2.30. The van der Waals surface area contributed by atoms with Crippen molar-refractivity contribution in [2.24, 2.45) is 0 Å². The van der Waals surface area contributed by atoms with Gasteiger partial charge in [0.2, 0.25) is 0 Å². The molecule has 1 aromatic carbocycles. The molecule has 0 spiro atoms. The van der Waals surface area contributed by atoms with Crippen molar-refractivity contribution >= 4 is 5.69 Å². The van der Waals surface area contributed by atoms with Crippen LogP contribution in [0, 0.1) is 28.4 Å². The van der Waals surface area contributed by atoms with E-state index in [4.69, 9.17) is 5.26 Å². The summed E-state index contributed by atoms with van der Waals surface area (Å²) < 4.78 is 1.34. The van der Waals surface area contributed by atoms with E-state index in [9.17, 15) is 10.1 Å². The molecule has 0 aliphatic rings. The lowest BCUT2D eigenvalue weighted by Gasteiger charge is -2.04. The molecule has 84 valence electrons. The first-order valence-electron chi connectivity index (χ1n) is 4.82. The fraction of sp³-hybridized carbons (Fsp3) is 0.0909. The highest BCUT2D eigenvalue weighted by Crippen LogP contribution is 2.18. The van der Waals surface area contributed by atoms with Gasteiger partial charge in [0.05, 0.1) is 16.2 Å². The number of nitro groups is 1. The zero-order valence-corrected chi connectivity index (χ0v) is 8.99. The van der Waals surface area contributed by atoms with Crippen LogP contribution in [0.4, 0.5) is 5.69 Å². The Kier molecular flexibility index (Phi) is 2.58. The van der Waals surface area contributed by atoms with Gasteiger partial charge in [0, 0.05) is 0 Å². The minimum atomic E-state index is -0.522. The normalized spacial score (nSPS) is 9.88. The van der Waals surface area contributed by atoms with Crippen molar-refractivity contribution in [1.29, 1.82) is 5.26 Å². The summed E-state index contributed by atoms with van der Waals surface area (Å²) in [6.45, 7) is 1.88. The van der Waals surface area contributed by atoms with Crippen molar-refractivity contribution in [3.05, 3.63) is 51.8 Å². The number of rotatable bonds is 2. The van der Waals surface area contributed by atoms with Crippen molar-refractivity contribution in [3.8, 4) is 11.8 Å². The molecule has 0 amide bonds. The van der Waals surface area contributed by atoms with E-state index in [-0.39, 0.29) is 5.69 Å². The van der Waals surface area contributed by atoms with Crippen LogP contribution in [-0.2, 0) is 0 Å². The topological polar surface area (TPSA) is 84.8 Å². The highest BCUT2D eigenvalue weighted by atomic mass is 16.6. The highest BCUT2D eigenvalue weighted by molar-refractivity contribution is 5.50. The minimum Gasteiger partial charge on any atom is -0.258 e. The van der Waals surface area contributed by atoms with Crippen molar-refractivity contribution in [3.63, 3.8) is 0 Å². The maximum Gasteiger partial charge on any atom is 0.307 e. The smallest absolute Gasteiger partial charge is 0.258 e. The van der Waals surface area contributed by atoms with Crippen LogP contribution in [-0.4, -0.2) is 14.7 Å². The van der Waals surface area contributed by atoms with E-state index in [1.807, 2.05) is 13.0 Å². The van der Waals surface area contributed by atoms with E-state index < -0.39 is 4.92 Å². The van der Waals surface area contributed by atoms with E-state index in [1.165, 1.54) is 10.9 Å². The molecule has 0 atom stereocenters. The SMILES string of the molecule is Cc1ccc(C#N)c(-n2cc([N+](=O)[O-])cn2)c1. The lowest BCUT2D eigenvalue weighted by atomic mass is 10.1. The summed E-state index contributed by atoms with van der Waals surface area (Å²) in [6, 6.07) is 7.26. The van der Waals surface area contributed by atoms with Gasteiger partial charge in [-0.1, -0.05) is 6.07 Å². The Bertz CT molecular complexity index is 625. The Hall–Kier alpha value is -2.68. The zero-order chi connectivity index (χ0) is 12.4. The fourth-order valence-corrected chi connectivity index (χ4v) is 1.47. The molecular formula is C11H8N4O2. The molecular weight excluding hydrogens is 220 g/mol. The Balaban J connectivity index is 2.56. The molecule has 0 radical (unpaired) electrons. The van der Waals surface area contributed by atoms with E-state index >= 15 is 0 Å². The van der Waals surface area contributed by atoms with Crippen LogP contribution >= 0.6 is 0 Å². The number of aromatic nitrogens is 2. The van der Waals surface area contributed by atoms with Crippen LogP contribution in [0.25, 0.3) is 5.69 Å². The number of nitrogens with zero attached hydrogens (tertiary/aromatic N) is 4. The maximum atomic E-state index is 10.6. The number of benzene rings is 1. The predicted octanol–water partition coefficient (Wildman–Crippen LogP) is 1.96. The van der Waals surface area contributed by atoms with Crippen molar-refractivity contribution in [2.75, 3.05) is 0 Å². The first-order valence-corrected chi connectivity index (χ1v) is 4.82. The monoisotopic (exact) mass is 228 g/mol. The van der Waals surface area contributed by atoms with Crippen LogP contribution in [0.15, 0.2) is 30.6 Å². The van der Waals surface area contributed by atoms with Gasteiger partial charge in [0.1, 0.15) is 18.5 Å². The number of hydrogen-bond donors (Lipinski definition) is 0. The number of aryl methyl sites for hydroxylation is 1. The van der Waals surface area contributed by atoms with Gasteiger partial charge < -0.3 is 0 Å². The fourth-order valence-electron chi connectivity index (χ4n) is 1.47. The second kappa shape index (κ2) is 4.06. The lowest BCUT2D eigenvalue weighted by Crippen LogP contribution is -1.98. The first-order chi connectivity index (χ1) is 8.11. The largest absolute Gasteiger partial charge is 0.307 e. The van der Waals surface area contributed by atoms with Gasteiger partial charge in [-0.25, -0.2) is 4.68 Å². The van der Waals surface area contributed by atoms with Gasteiger partial charge >= 0.3 is 5.69 Å². The van der Waals surface area contributed by atoms with Crippen LogP contribution in [0.1, 0.15) is 11.1 Å². The minimum absolute atomic E-state index is 0.101. The van der Waals surface area contributed by atoms with Gasteiger partial charge in [0.15, 0.2) is 0 Å². The molecule has 1 aromatic heterocycles. The van der Waals surface area contributed by atoms with Crippen LogP contribution in [0.3, 0.4) is 0 Å². The Labute approximate surface area is 96.9 Å². The summed E-state index contributed by atoms with van der Waals surface area (Å²) in [7, 11) is 0. The van der Waals surface area contributed by atoms with Crippen molar-refractivity contribution < 1.29 is 4.92 Å². The second-order valence-electron chi connectivity index (χ2n) is 3.53. The van der Waals surface area contributed by atoms with Crippen molar-refractivity contribution in [1.82, 2.24) is 9.78 Å². The molecule has 0 saturated heterocycles. The molecule has 6 nitrogen and oxygen atoms in total. The first kappa shape index (κ1) is 10.8. The van der Waals surface area contributed by atoms with Crippen LogP contribution in [0.2, 0.25) is 0 Å². The quantitative estimate of drug-likeness (QED) is 0.580. The Morgan fingerprint density at radius 2 is 2.29 bits per heavy atom. The Morgan fingerprint density at radius 3 is 2.88 bits per heavy atom. The highest BCUT2D eigenvalue weighted by Gasteiger charge is 2.12. The molecule has 0 N–H and O–H groups in total. The zero-order valence-electron chi connectivity index (χ0n) is 8.99. The average Bonchev–Trinajstić information content (AvgIpc) is 2.78. The van der Waals surface area contributed by atoms with Gasteiger partial charge in [-0.05, 0) is 24.6 Å². The van der Waals surface area contributed by atoms with Crippen LogP contribution < -0.4 is 0 Å². The lowest BCUT2D eigenvalue weighted by molar-refractivity contribution is -0.384. The third kappa shape index (κ3) is 1.99. The summed E-state index contributed by atoms with van der Waals surface area (Å²) in [5, 5.41) is 23.4. The molecule has 0 aliphatic carbocycles. The molecule has 0 unspecified atom stereocenters. The summed E-state index contributed by atoms with van der Waals surface area (Å²) in [5.41, 5.74) is 1.82.